The summed E-state index contributed by atoms with van der Waals surface area (Å²) in [6, 6.07) is 16.1. The number of anilines is 1. The van der Waals surface area contributed by atoms with Gasteiger partial charge in [-0.3, -0.25) is 9.78 Å². The van der Waals surface area contributed by atoms with Crippen molar-refractivity contribution in [3.8, 4) is 5.75 Å². The van der Waals surface area contributed by atoms with Crippen LogP contribution in [-0.4, -0.2) is 27.4 Å². The van der Waals surface area contributed by atoms with Gasteiger partial charge in [-0.15, -0.1) is 0 Å². The van der Waals surface area contributed by atoms with Gasteiger partial charge in [-0.2, -0.15) is 0 Å². The first kappa shape index (κ1) is 18.6. The highest BCUT2D eigenvalue weighted by Crippen LogP contribution is 2.40. The van der Waals surface area contributed by atoms with E-state index in [1.807, 2.05) is 36.4 Å². The summed E-state index contributed by atoms with van der Waals surface area (Å²) in [5, 5.41) is 14.4. The van der Waals surface area contributed by atoms with E-state index in [0.717, 1.165) is 5.69 Å². The highest BCUT2D eigenvalue weighted by molar-refractivity contribution is 6.35. The summed E-state index contributed by atoms with van der Waals surface area (Å²) in [6.45, 7) is 0.408. The first-order valence-corrected chi connectivity index (χ1v) is 9.54. The summed E-state index contributed by atoms with van der Waals surface area (Å²) in [4.78, 5) is 19.2. The number of fused-ring (bicyclic) bond motifs is 1. The highest BCUT2D eigenvalue weighted by atomic mass is 35.5. The van der Waals surface area contributed by atoms with Crippen molar-refractivity contribution in [3.05, 3.63) is 87.7 Å². The van der Waals surface area contributed by atoms with Crippen molar-refractivity contribution in [1.82, 2.24) is 9.88 Å². The number of carbonyl (C=O) groups excluding carboxylic acids is 1. The second-order valence-electron chi connectivity index (χ2n) is 6.49. The van der Waals surface area contributed by atoms with Gasteiger partial charge in [0.15, 0.2) is 0 Å². The van der Waals surface area contributed by atoms with Gasteiger partial charge in [0.1, 0.15) is 11.9 Å². The summed E-state index contributed by atoms with van der Waals surface area (Å²) < 4.78 is 0. The number of carbonyl (C=O) groups is 1. The number of halogens is 2. The number of nitrogens with one attached hydrogen (secondary N) is 1. The molecule has 0 fully saturated rings. The lowest BCUT2D eigenvalue weighted by Crippen LogP contribution is -2.44. The fourth-order valence-corrected chi connectivity index (χ4v) is 3.85. The number of benzene rings is 2. The molecule has 1 atom stereocenters. The lowest BCUT2D eigenvalue weighted by Gasteiger charge is -2.38. The van der Waals surface area contributed by atoms with Crippen molar-refractivity contribution in [3.63, 3.8) is 0 Å². The van der Waals surface area contributed by atoms with Gasteiger partial charge >= 0.3 is 0 Å². The smallest absolute Gasteiger partial charge is 0.257 e. The molecular formula is C21H17Cl2N3O2. The van der Waals surface area contributed by atoms with Gasteiger partial charge in [0.05, 0.1) is 10.6 Å². The maximum absolute atomic E-state index is 13.2. The van der Waals surface area contributed by atoms with Crippen LogP contribution >= 0.6 is 23.2 Å². The number of nitrogens with zero attached hydrogens (tertiary/aromatic N) is 2. The standard InChI is InChI=1S/C21H17Cl2N3O2/c22-13-11-16(19(27)17(23)12-13)20-25-18-7-2-1-6-15(18)21(28)26(20)10-8-14-5-3-4-9-24-14/h1-7,9,11-12,20,25,27H,8,10H2/t20-/m1/s1. The van der Waals surface area contributed by atoms with Crippen LogP contribution in [0, 0.1) is 0 Å². The molecular weight excluding hydrogens is 397 g/mol. The summed E-state index contributed by atoms with van der Waals surface area (Å²) >= 11 is 12.3. The number of pyridine rings is 1. The zero-order valence-corrected chi connectivity index (χ0v) is 16.3. The van der Waals surface area contributed by atoms with Crippen LogP contribution in [0.1, 0.15) is 27.8 Å². The Morgan fingerprint density at radius 1 is 1.11 bits per heavy atom. The Morgan fingerprint density at radius 2 is 1.89 bits per heavy atom. The maximum Gasteiger partial charge on any atom is 0.257 e. The van der Waals surface area contributed by atoms with Crippen molar-refractivity contribution < 1.29 is 9.90 Å². The van der Waals surface area contributed by atoms with Gasteiger partial charge in [-0.25, -0.2) is 0 Å². The quantitative estimate of drug-likeness (QED) is 0.637. The molecule has 1 aliphatic heterocycles. The summed E-state index contributed by atoms with van der Waals surface area (Å²) in [6.07, 6.45) is 1.69. The largest absolute Gasteiger partial charge is 0.506 e. The Balaban J connectivity index is 1.74. The van der Waals surface area contributed by atoms with Crippen LogP contribution in [0.5, 0.6) is 5.75 Å². The Hall–Kier alpha value is -2.76. The minimum atomic E-state index is -0.609. The molecule has 0 radical (unpaired) electrons. The Kier molecular flexibility index (Phi) is 5.11. The molecule has 0 saturated heterocycles. The Morgan fingerprint density at radius 3 is 2.68 bits per heavy atom. The number of para-hydroxylation sites is 1. The molecule has 2 heterocycles. The van der Waals surface area contributed by atoms with Crippen LogP contribution in [0.15, 0.2) is 60.8 Å². The van der Waals surface area contributed by atoms with Gasteiger partial charge < -0.3 is 15.3 Å². The van der Waals surface area contributed by atoms with Crippen LogP contribution in [0.25, 0.3) is 0 Å². The number of hydrogen-bond acceptors (Lipinski definition) is 4. The SMILES string of the molecule is O=C1c2ccccc2N[C@@H](c2cc(Cl)cc(Cl)c2O)N1CCc1ccccn1. The molecule has 3 aromatic rings. The van der Waals surface area contributed by atoms with Crippen LogP contribution in [0.4, 0.5) is 5.69 Å². The zero-order chi connectivity index (χ0) is 19.7. The molecule has 7 heteroatoms. The first-order valence-electron chi connectivity index (χ1n) is 8.79. The second kappa shape index (κ2) is 7.70. The molecule has 0 bridgehead atoms. The lowest BCUT2D eigenvalue weighted by atomic mass is 10.0. The third kappa shape index (κ3) is 3.51. The van der Waals surface area contributed by atoms with Crippen molar-refractivity contribution >= 4 is 34.8 Å². The van der Waals surface area contributed by atoms with Gasteiger partial charge in [-0.05, 0) is 36.4 Å². The third-order valence-corrected chi connectivity index (χ3v) is 5.22. The van der Waals surface area contributed by atoms with Gasteiger partial charge in [0.25, 0.3) is 5.91 Å². The molecule has 142 valence electrons. The summed E-state index contributed by atoms with van der Waals surface area (Å²) in [5.41, 5.74) is 2.59. The maximum atomic E-state index is 13.2. The number of aromatic nitrogens is 1. The van der Waals surface area contributed by atoms with E-state index in [4.69, 9.17) is 23.2 Å². The van der Waals surface area contributed by atoms with E-state index >= 15 is 0 Å². The van der Waals surface area contributed by atoms with Gasteiger partial charge in [0.2, 0.25) is 0 Å². The summed E-state index contributed by atoms with van der Waals surface area (Å²) in [7, 11) is 0. The van der Waals surface area contributed by atoms with E-state index in [1.165, 1.54) is 6.07 Å². The van der Waals surface area contributed by atoms with Crippen molar-refractivity contribution in [2.75, 3.05) is 11.9 Å². The normalized spacial score (nSPS) is 15.9. The first-order chi connectivity index (χ1) is 13.5. The van der Waals surface area contributed by atoms with Crippen LogP contribution < -0.4 is 5.32 Å². The molecule has 0 saturated carbocycles. The molecule has 28 heavy (non-hydrogen) atoms. The van der Waals surface area contributed by atoms with E-state index in [1.54, 1.807) is 23.2 Å². The third-order valence-electron chi connectivity index (χ3n) is 4.71. The molecule has 4 rings (SSSR count). The minimum absolute atomic E-state index is 0.0985. The van der Waals surface area contributed by atoms with E-state index < -0.39 is 6.17 Å². The lowest BCUT2D eigenvalue weighted by molar-refractivity contribution is 0.0683. The number of phenolic OH excluding ortho intramolecular Hbond substituents is 1. The average molecular weight is 414 g/mol. The molecule has 2 N–H and O–H groups in total. The molecule has 1 aliphatic rings. The number of amides is 1. The van der Waals surface area contributed by atoms with Crippen LogP contribution in [0.2, 0.25) is 10.0 Å². The van der Waals surface area contributed by atoms with E-state index in [9.17, 15) is 9.90 Å². The number of phenols is 1. The molecule has 0 aliphatic carbocycles. The van der Waals surface area contributed by atoms with E-state index in [0.29, 0.717) is 34.8 Å². The molecule has 0 spiro atoms. The molecule has 0 unspecified atom stereocenters. The van der Waals surface area contributed by atoms with Crippen molar-refractivity contribution in [2.45, 2.75) is 12.6 Å². The predicted octanol–water partition coefficient (Wildman–Crippen LogP) is 4.90. The monoisotopic (exact) mass is 413 g/mol. The van der Waals surface area contributed by atoms with E-state index in [2.05, 4.69) is 10.3 Å². The van der Waals surface area contributed by atoms with E-state index in [-0.39, 0.29) is 16.7 Å². The van der Waals surface area contributed by atoms with Gasteiger partial charge in [-0.1, -0.05) is 41.4 Å². The molecule has 2 aromatic carbocycles. The summed E-state index contributed by atoms with van der Waals surface area (Å²) in [5.74, 6) is -0.232. The van der Waals surface area contributed by atoms with Crippen molar-refractivity contribution in [2.24, 2.45) is 0 Å². The average Bonchev–Trinajstić information content (AvgIpc) is 2.71. The van der Waals surface area contributed by atoms with Gasteiger partial charge in [0, 0.05) is 41.1 Å². The number of hydrogen-bond donors (Lipinski definition) is 2. The fourth-order valence-electron chi connectivity index (χ4n) is 3.34. The zero-order valence-electron chi connectivity index (χ0n) is 14.8. The Labute approximate surface area is 172 Å². The van der Waals surface area contributed by atoms with Crippen molar-refractivity contribution in [1.29, 1.82) is 0 Å². The highest BCUT2D eigenvalue weighted by Gasteiger charge is 2.34. The minimum Gasteiger partial charge on any atom is -0.506 e. The molecule has 1 aromatic heterocycles. The van der Waals surface area contributed by atoms with Crippen LogP contribution in [0.3, 0.4) is 0 Å². The fraction of sp³-hybridized carbons (Fsp3) is 0.143. The predicted molar refractivity (Wildman–Crippen MR) is 110 cm³/mol. The number of aromatic hydroxyl groups is 1. The Bertz CT molecular complexity index is 1030. The van der Waals surface area contributed by atoms with Crippen LogP contribution in [-0.2, 0) is 6.42 Å². The second-order valence-corrected chi connectivity index (χ2v) is 7.33. The number of rotatable bonds is 4. The molecule has 1 amide bonds. The topological polar surface area (TPSA) is 65.5 Å². The molecule has 5 nitrogen and oxygen atoms in total.